The fraction of sp³-hybridized carbons (Fsp3) is 0.938. The summed E-state index contributed by atoms with van der Waals surface area (Å²) in [7, 11) is 4.29. The molecule has 1 heterocycles. The van der Waals surface area contributed by atoms with Crippen molar-refractivity contribution >= 4 is 5.91 Å². The second-order valence-electron chi connectivity index (χ2n) is 7.01. The Labute approximate surface area is 129 Å². The number of piperazine rings is 1. The highest BCUT2D eigenvalue weighted by atomic mass is 16.2. The van der Waals surface area contributed by atoms with Gasteiger partial charge >= 0.3 is 0 Å². The summed E-state index contributed by atoms with van der Waals surface area (Å²) >= 11 is 0. The fourth-order valence-corrected chi connectivity index (χ4v) is 3.65. The van der Waals surface area contributed by atoms with Crippen molar-refractivity contribution in [3.63, 3.8) is 0 Å². The zero-order valence-corrected chi connectivity index (χ0v) is 13.7. The van der Waals surface area contributed by atoms with Crippen molar-refractivity contribution in [1.82, 2.24) is 15.1 Å². The van der Waals surface area contributed by atoms with E-state index < -0.39 is 0 Å². The van der Waals surface area contributed by atoms with Gasteiger partial charge < -0.3 is 16.0 Å². The minimum absolute atomic E-state index is 0.188. The SMILES string of the molecule is CN1CCN(C)C(CNC(=O)C2(CN)CCCCCC2)C1. The molecule has 0 aromatic heterocycles. The molecule has 5 heteroatoms. The Bertz CT molecular complexity index is 339. The molecule has 0 aromatic rings. The number of carbonyl (C=O) groups excluding carboxylic acids is 1. The number of hydrogen-bond acceptors (Lipinski definition) is 4. The lowest BCUT2D eigenvalue weighted by atomic mass is 9.79. The van der Waals surface area contributed by atoms with Crippen LogP contribution < -0.4 is 11.1 Å². The Morgan fingerprint density at radius 3 is 2.48 bits per heavy atom. The van der Waals surface area contributed by atoms with Crippen molar-refractivity contribution < 1.29 is 4.79 Å². The highest BCUT2D eigenvalue weighted by Gasteiger charge is 2.37. The molecule has 1 aliphatic carbocycles. The van der Waals surface area contributed by atoms with Crippen molar-refractivity contribution in [1.29, 1.82) is 0 Å². The van der Waals surface area contributed by atoms with E-state index in [2.05, 4.69) is 29.2 Å². The summed E-state index contributed by atoms with van der Waals surface area (Å²) < 4.78 is 0. The van der Waals surface area contributed by atoms with Crippen molar-refractivity contribution in [2.75, 3.05) is 46.8 Å². The zero-order chi connectivity index (χ0) is 15.3. The number of amides is 1. The maximum Gasteiger partial charge on any atom is 0.227 e. The van der Waals surface area contributed by atoms with Gasteiger partial charge in [0, 0.05) is 38.8 Å². The van der Waals surface area contributed by atoms with E-state index in [4.69, 9.17) is 5.73 Å². The molecule has 1 saturated heterocycles. The second kappa shape index (κ2) is 7.56. The zero-order valence-electron chi connectivity index (χ0n) is 13.7. The average Bonchev–Trinajstić information content (AvgIpc) is 2.74. The molecule has 1 atom stereocenters. The van der Waals surface area contributed by atoms with E-state index in [0.29, 0.717) is 12.6 Å². The molecule has 2 aliphatic rings. The number of hydrogen-bond donors (Lipinski definition) is 2. The Morgan fingerprint density at radius 1 is 1.19 bits per heavy atom. The van der Waals surface area contributed by atoms with Crippen LogP contribution in [-0.2, 0) is 4.79 Å². The van der Waals surface area contributed by atoms with Crippen LogP contribution in [0.4, 0.5) is 0 Å². The van der Waals surface area contributed by atoms with E-state index >= 15 is 0 Å². The van der Waals surface area contributed by atoms with Crippen molar-refractivity contribution in [2.24, 2.45) is 11.1 Å². The molecule has 0 bridgehead atoms. The third kappa shape index (κ3) is 4.18. The van der Waals surface area contributed by atoms with Gasteiger partial charge in [-0.2, -0.15) is 0 Å². The van der Waals surface area contributed by atoms with Gasteiger partial charge in [0.15, 0.2) is 0 Å². The molecule has 2 rings (SSSR count). The summed E-state index contributed by atoms with van der Waals surface area (Å²) in [6.07, 6.45) is 6.66. The smallest absolute Gasteiger partial charge is 0.227 e. The first-order valence-electron chi connectivity index (χ1n) is 8.44. The van der Waals surface area contributed by atoms with Gasteiger partial charge in [-0.25, -0.2) is 0 Å². The first-order chi connectivity index (χ1) is 10.1. The van der Waals surface area contributed by atoms with Crippen molar-refractivity contribution in [2.45, 2.75) is 44.6 Å². The van der Waals surface area contributed by atoms with Gasteiger partial charge in [-0.15, -0.1) is 0 Å². The molecule has 0 spiro atoms. The van der Waals surface area contributed by atoms with Gasteiger partial charge in [-0.1, -0.05) is 25.7 Å². The van der Waals surface area contributed by atoms with Crippen LogP contribution in [0.1, 0.15) is 38.5 Å². The number of rotatable bonds is 4. The largest absolute Gasteiger partial charge is 0.354 e. The molecule has 5 nitrogen and oxygen atoms in total. The van der Waals surface area contributed by atoms with E-state index in [-0.39, 0.29) is 11.3 Å². The summed E-state index contributed by atoms with van der Waals surface area (Å²) in [6.45, 7) is 4.42. The van der Waals surface area contributed by atoms with Gasteiger partial charge in [0.05, 0.1) is 5.41 Å². The van der Waals surface area contributed by atoms with E-state index in [1.807, 2.05) is 0 Å². The summed E-state index contributed by atoms with van der Waals surface area (Å²) in [5, 5.41) is 3.21. The van der Waals surface area contributed by atoms with Gasteiger partial charge in [-0.05, 0) is 26.9 Å². The van der Waals surface area contributed by atoms with Crippen LogP contribution in [-0.4, -0.2) is 68.6 Å². The topological polar surface area (TPSA) is 61.6 Å². The minimum atomic E-state index is -0.310. The Morgan fingerprint density at radius 2 is 1.86 bits per heavy atom. The molecule has 2 fully saturated rings. The van der Waals surface area contributed by atoms with Crippen molar-refractivity contribution in [3.05, 3.63) is 0 Å². The summed E-state index contributed by atoms with van der Waals surface area (Å²) in [5.41, 5.74) is 5.68. The standard InChI is InChI=1S/C16H32N4O/c1-19-9-10-20(2)14(12-19)11-18-15(21)16(13-17)7-5-3-4-6-8-16/h14H,3-13,17H2,1-2H3,(H,18,21). The molecule has 1 saturated carbocycles. The molecule has 0 radical (unpaired) electrons. The van der Waals surface area contributed by atoms with E-state index in [1.54, 1.807) is 0 Å². The highest BCUT2D eigenvalue weighted by molar-refractivity contribution is 5.83. The number of likely N-dealkylation sites (N-methyl/N-ethyl adjacent to an activating group) is 2. The van der Waals surface area contributed by atoms with Crippen LogP contribution in [0.5, 0.6) is 0 Å². The molecule has 3 N–H and O–H groups in total. The maximum atomic E-state index is 12.7. The van der Waals surface area contributed by atoms with E-state index in [0.717, 1.165) is 51.9 Å². The number of nitrogens with one attached hydrogen (secondary N) is 1. The highest BCUT2D eigenvalue weighted by Crippen LogP contribution is 2.34. The van der Waals surface area contributed by atoms with Gasteiger partial charge in [0.2, 0.25) is 5.91 Å². The van der Waals surface area contributed by atoms with Crippen LogP contribution in [0.25, 0.3) is 0 Å². The first kappa shape index (κ1) is 16.7. The van der Waals surface area contributed by atoms with Crippen LogP contribution >= 0.6 is 0 Å². The Kier molecular flexibility index (Phi) is 6.02. The van der Waals surface area contributed by atoms with Crippen LogP contribution in [0.2, 0.25) is 0 Å². The monoisotopic (exact) mass is 296 g/mol. The van der Waals surface area contributed by atoms with Crippen LogP contribution in [0.3, 0.4) is 0 Å². The maximum absolute atomic E-state index is 12.7. The van der Waals surface area contributed by atoms with E-state index in [9.17, 15) is 4.79 Å². The van der Waals surface area contributed by atoms with Gasteiger partial charge in [0.25, 0.3) is 0 Å². The second-order valence-corrected chi connectivity index (χ2v) is 7.01. The molecule has 1 aliphatic heterocycles. The normalized spacial score (nSPS) is 28.0. The fourth-order valence-electron chi connectivity index (χ4n) is 3.65. The average molecular weight is 296 g/mol. The lowest BCUT2D eigenvalue weighted by molar-refractivity contribution is -0.131. The molecule has 1 amide bonds. The predicted molar refractivity (Wildman–Crippen MR) is 86.1 cm³/mol. The number of carbonyl (C=O) groups is 1. The van der Waals surface area contributed by atoms with Gasteiger partial charge in [-0.3, -0.25) is 9.69 Å². The lowest BCUT2D eigenvalue weighted by Gasteiger charge is -2.38. The summed E-state index contributed by atoms with van der Waals surface area (Å²) in [4.78, 5) is 17.4. The summed E-state index contributed by atoms with van der Waals surface area (Å²) in [5.74, 6) is 0.188. The third-order valence-electron chi connectivity index (χ3n) is 5.41. The quantitative estimate of drug-likeness (QED) is 0.748. The van der Waals surface area contributed by atoms with E-state index in [1.165, 1.54) is 12.8 Å². The van der Waals surface area contributed by atoms with Gasteiger partial charge in [0.1, 0.15) is 0 Å². The predicted octanol–water partition coefficient (Wildman–Crippen LogP) is 0.648. The Hall–Kier alpha value is -0.650. The van der Waals surface area contributed by atoms with Crippen LogP contribution in [0, 0.1) is 5.41 Å². The molecular formula is C16H32N4O. The lowest BCUT2D eigenvalue weighted by Crippen LogP contribution is -2.56. The number of nitrogens with zero attached hydrogens (tertiary/aromatic N) is 2. The first-order valence-corrected chi connectivity index (χ1v) is 8.44. The number of nitrogens with two attached hydrogens (primary N) is 1. The minimum Gasteiger partial charge on any atom is -0.354 e. The van der Waals surface area contributed by atoms with Crippen molar-refractivity contribution in [3.8, 4) is 0 Å². The van der Waals surface area contributed by atoms with Crippen LogP contribution in [0.15, 0.2) is 0 Å². The molecule has 0 aromatic carbocycles. The molecule has 122 valence electrons. The summed E-state index contributed by atoms with van der Waals surface area (Å²) in [6, 6.07) is 0.410. The third-order valence-corrected chi connectivity index (χ3v) is 5.41. The molecule has 21 heavy (non-hydrogen) atoms. The molecular weight excluding hydrogens is 264 g/mol. The Balaban J connectivity index is 1.89. The molecule has 1 unspecified atom stereocenters.